The van der Waals surface area contributed by atoms with Crippen LogP contribution in [-0.4, -0.2) is 18.8 Å². The Morgan fingerprint density at radius 1 is 0.957 bits per heavy atom. The molecule has 9 heteroatoms. The number of anilines is 2. The molecular weight excluding hydrogens is 539 g/mol. The smallest absolute Gasteiger partial charge is 0.160 e. The molecule has 0 aromatic carbocycles. The summed E-state index contributed by atoms with van der Waals surface area (Å²) in [6, 6.07) is 3.68. The number of imidazole rings is 2. The van der Waals surface area contributed by atoms with Gasteiger partial charge in [-0.25, -0.2) is 9.97 Å². The lowest BCUT2D eigenvalue weighted by Crippen LogP contribution is -1.93. The molecular formula is C14H11Br2IN6. The molecule has 6 nitrogen and oxygen atoms in total. The Morgan fingerprint density at radius 2 is 1.61 bits per heavy atom. The van der Waals surface area contributed by atoms with Gasteiger partial charge in [-0.05, 0) is 66.6 Å². The van der Waals surface area contributed by atoms with Gasteiger partial charge in [0.15, 0.2) is 11.3 Å². The van der Waals surface area contributed by atoms with E-state index in [0.717, 1.165) is 23.9 Å². The number of fused-ring (bicyclic) bond motifs is 2. The molecule has 0 aliphatic carbocycles. The van der Waals surface area contributed by atoms with Crippen molar-refractivity contribution in [1.82, 2.24) is 18.8 Å². The van der Waals surface area contributed by atoms with Crippen LogP contribution in [0.4, 0.5) is 11.4 Å². The maximum absolute atomic E-state index is 5.75. The topological polar surface area (TPSA) is 86.6 Å². The minimum Gasteiger partial charge on any atom is -0.396 e. The quantitative estimate of drug-likeness (QED) is 0.325. The van der Waals surface area contributed by atoms with Gasteiger partial charge in [-0.1, -0.05) is 0 Å². The summed E-state index contributed by atoms with van der Waals surface area (Å²) in [7, 11) is 0. The normalized spacial score (nSPS) is 10.7. The number of nitrogen functional groups attached to an aromatic ring is 2. The van der Waals surface area contributed by atoms with Crippen LogP contribution in [0.2, 0.25) is 0 Å². The third-order valence-electron chi connectivity index (χ3n) is 3.04. The fourth-order valence-electron chi connectivity index (χ4n) is 2.07. The largest absolute Gasteiger partial charge is 0.396 e. The molecule has 118 valence electrons. The van der Waals surface area contributed by atoms with E-state index in [1.807, 2.05) is 39.5 Å². The van der Waals surface area contributed by atoms with E-state index in [4.69, 9.17) is 11.5 Å². The minimum absolute atomic E-state index is 0.685. The Labute approximate surface area is 162 Å². The number of pyridine rings is 2. The van der Waals surface area contributed by atoms with E-state index in [9.17, 15) is 0 Å². The Morgan fingerprint density at radius 3 is 2.35 bits per heavy atom. The fraction of sp³-hybridized carbons (Fsp3) is 0. The SMILES string of the molecule is Nc1cc(Br)cn2c(I)cnc12.Nc1cc(Br)cn2ccnc12. The van der Waals surface area contributed by atoms with Crippen LogP contribution in [0, 0.1) is 3.70 Å². The van der Waals surface area contributed by atoms with Crippen LogP contribution >= 0.6 is 54.5 Å². The first-order chi connectivity index (χ1) is 11.0. The predicted molar refractivity (Wildman–Crippen MR) is 107 cm³/mol. The van der Waals surface area contributed by atoms with Crippen LogP contribution in [-0.2, 0) is 0 Å². The van der Waals surface area contributed by atoms with Crippen LogP contribution in [0.1, 0.15) is 0 Å². The summed E-state index contributed by atoms with van der Waals surface area (Å²) in [5.41, 5.74) is 14.4. The highest BCUT2D eigenvalue weighted by atomic mass is 127. The van der Waals surface area contributed by atoms with Crippen LogP contribution in [0.3, 0.4) is 0 Å². The van der Waals surface area contributed by atoms with Gasteiger partial charge >= 0.3 is 0 Å². The first kappa shape index (κ1) is 16.5. The molecule has 4 aromatic heterocycles. The lowest BCUT2D eigenvalue weighted by Gasteiger charge is -1.99. The molecule has 0 bridgehead atoms. The lowest BCUT2D eigenvalue weighted by atomic mass is 10.4. The summed E-state index contributed by atoms with van der Waals surface area (Å²) >= 11 is 8.92. The molecule has 4 rings (SSSR count). The Bertz CT molecular complexity index is 994. The van der Waals surface area contributed by atoms with Gasteiger partial charge in [-0.15, -0.1) is 0 Å². The van der Waals surface area contributed by atoms with E-state index in [2.05, 4.69) is 64.4 Å². The van der Waals surface area contributed by atoms with Crippen molar-refractivity contribution >= 4 is 77.1 Å². The maximum atomic E-state index is 5.75. The Hall–Kier alpha value is -1.33. The second-order valence-electron chi connectivity index (χ2n) is 4.66. The molecule has 0 aliphatic heterocycles. The first-order valence-electron chi connectivity index (χ1n) is 6.41. The summed E-state index contributed by atoms with van der Waals surface area (Å²) in [6.45, 7) is 0. The molecule has 4 aromatic rings. The van der Waals surface area contributed by atoms with Crippen molar-refractivity contribution in [2.75, 3.05) is 11.5 Å². The van der Waals surface area contributed by atoms with Crippen LogP contribution in [0.25, 0.3) is 11.3 Å². The molecule has 0 saturated heterocycles. The summed E-state index contributed by atoms with van der Waals surface area (Å²) in [5.74, 6) is 0. The number of hydrogen-bond acceptors (Lipinski definition) is 4. The van der Waals surface area contributed by atoms with Crippen LogP contribution < -0.4 is 11.5 Å². The molecule has 0 spiro atoms. The third-order valence-corrected chi connectivity index (χ3v) is 4.70. The van der Waals surface area contributed by atoms with Crippen molar-refractivity contribution in [3.05, 3.63) is 55.8 Å². The van der Waals surface area contributed by atoms with Gasteiger partial charge < -0.3 is 15.9 Å². The van der Waals surface area contributed by atoms with E-state index >= 15 is 0 Å². The molecule has 0 radical (unpaired) electrons. The minimum atomic E-state index is 0.685. The van der Waals surface area contributed by atoms with Crippen molar-refractivity contribution in [3.63, 3.8) is 0 Å². The number of nitrogens with two attached hydrogens (primary N) is 2. The average Bonchev–Trinajstić information content (AvgIpc) is 3.07. The first-order valence-corrected chi connectivity index (χ1v) is 9.07. The van der Waals surface area contributed by atoms with Gasteiger partial charge in [0.2, 0.25) is 0 Å². The number of halogens is 3. The van der Waals surface area contributed by atoms with E-state index in [0.29, 0.717) is 11.4 Å². The standard InChI is InChI=1S/C7H5BrIN3.C7H6BrN3/c8-4-1-5(10)7-11-2-6(9)12(7)3-4;8-5-3-6(9)7-10-1-2-11(7)4-5/h1-3H,10H2;1-4H,9H2. The molecule has 0 saturated carbocycles. The summed E-state index contributed by atoms with van der Waals surface area (Å²) in [6.07, 6.45) is 9.23. The van der Waals surface area contributed by atoms with Gasteiger partial charge in [-0.2, -0.15) is 0 Å². The number of rotatable bonds is 0. The maximum Gasteiger partial charge on any atom is 0.160 e. The summed E-state index contributed by atoms with van der Waals surface area (Å²) in [5, 5.41) is 0. The van der Waals surface area contributed by atoms with Crippen molar-refractivity contribution in [1.29, 1.82) is 0 Å². The van der Waals surface area contributed by atoms with Crippen LogP contribution in [0.15, 0.2) is 52.1 Å². The molecule has 0 aliphatic rings. The van der Waals surface area contributed by atoms with Crippen molar-refractivity contribution in [3.8, 4) is 0 Å². The summed E-state index contributed by atoms with van der Waals surface area (Å²) in [4.78, 5) is 8.25. The zero-order chi connectivity index (χ0) is 16.6. The monoisotopic (exact) mass is 548 g/mol. The predicted octanol–water partition coefficient (Wildman–Crippen LogP) is 3.96. The highest BCUT2D eigenvalue weighted by Crippen LogP contribution is 2.21. The number of hydrogen-bond donors (Lipinski definition) is 2. The Kier molecular flexibility index (Phi) is 4.78. The van der Waals surface area contributed by atoms with Gasteiger partial charge in [0.25, 0.3) is 0 Å². The van der Waals surface area contributed by atoms with Gasteiger partial charge in [-0.3, -0.25) is 4.40 Å². The highest BCUT2D eigenvalue weighted by Gasteiger charge is 2.04. The molecule has 0 fully saturated rings. The molecule has 4 heterocycles. The number of nitrogens with zero attached hydrogens (tertiary/aromatic N) is 4. The van der Waals surface area contributed by atoms with Gasteiger partial charge in [0.1, 0.15) is 3.70 Å². The number of aromatic nitrogens is 4. The molecule has 0 atom stereocenters. The third kappa shape index (κ3) is 3.45. The van der Waals surface area contributed by atoms with Crippen molar-refractivity contribution < 1.29 is 0 Å². The Balaban J connectivity index is 0.000000136. The molecule has 23 heavy (non-hydrogen) atoms. The van der Waals surface area contributed by atoms with Crippen molar-refractivity contribution in [2.24, 2.45) is 0 Å². The zero-order valence-corrected chi connectivity index (χ0v) is 16.9. The van der Waals surface area contributed by atoms with E-state index in [1.165, 1.54) is 0 Å². The lowest BCUT2D eigenvalue weighted by molar-refractivity contribution is 1.14. The van der Waals surface area contributed by atoms with E-state index in [-0.39, 0.29) is 0 Å². The van der Waals surface area contributed by atoms with E-state index in [1.54, 1.807) is 12.4 Å². The van der Waals surface area contributed by atoms with E-state index < -0.39 is 0 Å². The average molecular weight is 550 g/mol. The zero-order valence-electron chi connectivity index (χ0n) is 11.6. The second-order valence-corrected chi connectivity index (χ2v) is 7.60. The molecule has 4 N–H and O–H groups in total. The highest BCUT2D eigenvalue weighted by molar-refractivity contribution is 14.1. The van der Waals surface area contributed by atoms with Gasteiger partial charge in [0.05, 0.1) is 17.6 Å². The van der Waals surface area contributed by atoms with Gasteiger partial charge in [0, 0.05) is 33.7 Å². The molecule has 0 amide bonds. The van der Waals surface area contributed by atoms with Crippen molar-refractivity contribution in [2.45, 2.75) is 0 Å². The second kappa shape index (κ2) is 6.65. The van der Waals surface area contributed by atoms with Crippen LogP contribution in [0.5, 0.6) is 0 Å². The molecule has 0 unspecified atom stereocenters. The fourth-order valence-corrected chi connectivity index (χ4v) is 3.50. The summed E-state index contributed by atoms with van der Waals surface area (Å²) < 4.78 is 6.79.